The fourth-order valence-electron chi connectivity index (χ4n) is 3.13. The fraction of sp³-hybridized carbons (Fsp3) is 0.867. The van der Waals surface area contributed by atoms with E-state index in [-0.39, 0.29) is 0 Å². The average molecular weight is 315 g/mol. The first kappa shape index (κ1) is 15.3. The Morgan fingerprint density at radius 1 is 0.941 bits per heavy atom. The van der Waals surface area contributed by atoms with Crippen LogP contribution in [0.5, 0.6) is 0 Å². The summed E-state index contributed by atoms with van der Waals surface area (Å²) >= 11 is 3.75. The summed E-state index contributed by atoms with van der Waals surface area (Å²) in [5, 5.41) is 0. The fourth-order valence-corrected chi connectivity index (χ4v) is 9.26. The third-order valence-electron chi connectivity index (χ3n) is 4.33. The van der Waals surface area contributed by atoms with Crippen LogP contribution in [-0.4, -0.2) is 12.9 Å². The minimum Gasteiger partial charge on any atom is -0.129 e. The van der Waals surface area contributed by atoms with Crippen molar-refractivity contribution in [1.29, 1.82) is 0 Å². The molecule has 1 saturated carbocycles. The molecule has 0 radical (unpaired) electrons. The van der Waals surface area contributed by atoms with Gasteiger partial charge in [-0.25, -0.2) is 0 Å². The molecule has 0 aliphatic heterocycles. The molecule has 1 aliphatic carbocycles. The van der Waals surface area contributed by atoms with Crippen molar-refractivity contribution < 1.29 is 0 Å². The number of hydrogen-bond donors (Lipinski definition) is 0. The molecule has 17 heavy (non-hydrogen) atoms. The molecule has 1 fully saturated rings. The van der Waals surface area contributed by atoms with Crippen molar-refractivity contribution in [2.75, 3.05) is 0 Å². The van der Waals surface area contributed by atoms with Crippen LogP contribution in [0.3, 0.4) is 0 Å². The van der Waals surface area contributed by atoms with Gasteiger partial charge in [0.1, 0.15) is 8.07 Å². The van der Waals surface area contributed by atoms with Gasteiger partial charge in [-0.2, -0.15) is 0 Å². The molecule has 0 aromatic carbocycles. The van der Waals surface area contributed by atoms with Crippen molar-refractivity contribution in [3.05, 3.63) is 0 Å². The SMILES string of the molecule is CC(C)[Si](C#CC(Br)C1CC1)(C(C)C)C(C)C. The van der Waals surface area contributed by atoms with Gasteiger partial charge in [0, 0.05) is 0 Å². The van der Waals surface area contributed by atoms with Gasteiger partial charge in [0.25, 0.3) is 0 Å². The maximum absolute atomic E-state index is 3.79. The zero-order valence-corrected chi connectivity index (χ0v) is 14.8. The summed E-state index contributed by atoms with van der Waals surface area (Å²) in [4.78, 5) is 0.450. The zero-order valence-electron chi connectivity index (χ0n) is 12.2. The highest BCUT2D eigenvalue weighted by Gasteiger charge is 2.42. The quantitative estimate of drug-likeness (QED) is 0.371. The summed E-state index contributed by atoms with van der Waals surface area (Å²) in [5.41, 5.74) is 6.03. The maximum Gasteiger partial charge on any atom is 0.146 e. The zero-order chi connectivity index (χ0) is 13.2. The summed E-state index contributed by atoms with van der Waals surface area (Å²) in [5.74, 6) is 4.39. The monoisotopic (exact) mass is 314 g/mol. The Morgan fingerprint density at radius 2 is 1.35 bits per heavy atom. The maximum atomic E-state index is 3.79. The molecule has 0 heterocycles. The van der Waals surface area contributed by atoms with Crippen LogP contribution < -0.4 is 0 Å². The molecular weight excluding hydrogens is 288 g/mol. The Balaban J connectivity index is 2.95. The van der Waals surface area contributed by atoms with Crippen LogP contribution >= 0.6 is 15.9 Å². The molecule has 0 N–H and O–H groups in total. The van der Waals surface area contributed by atoms with Crippen LogP contribution in [0, 0.1) is 17.4 Å². The van der Waals surface area contributed by atoms with Crippen LogP contribution in [0.1, 0.15) is 54.4 Å². The number of rotatable bonds is 4. The van der Waals surface area contributed by atoms with Crippen molar-refractivity contribution in [2.45, 2.75) is 75.8 Å². The Morgan fingerprint density at radius 3 is 1.65 bits per heavy atom. The van der Waals surface area contributed by atoms with E-state index in [0.29, 0.717) is 4.83 Å². The first-order valence-electron chi connectivity index (χ1n) is 6.99. The van der Waals surface area contributed by atoms with Gasteiger partial charge in [0.15, 0.2) is 0 Å². The van der Waals surface area contributed by atoms with Gasteiger partial charge < -0.3 is 0 Å². The second kappa shape index (κ2) is 5.93. The van der Waals surface area contributed by atoms with Gasteiger partial charge in [-0.3, -0.25) is 0 Å². The molecule has 0 aromatic heterocycles. The molecule has 1 rings (SSSR count). The normalized spacial score (nSPS) is 18.5. The van der Waals surface area contributed by atoms with E-state index in [1.54, 1.807) is 0 Å². The molecule has 0 bridgehead atoms. The third kappa shape index (κ3) is 3.38. The van der Waals surface area contributed by atoms with Crippen LogP contribution in [0.25, 0.3) is 0 Å². The molecular formula is C15H27BrSi. The number of hydrogen-bond acceptors (Lipinski definition) is 0. The van der Waals surface area contributed by atoms with E-state index < -0.39 is 8.07 Å². The van der Waals surface area contributed by atoms with Crippen molar-refractivity contribution >= 4 is 24.0 Å². The van der Waals surface area contributed by atoms with E-state index in [1.165, 1.54) is 12.8 Å². The van der Waals surface area contributed by atoms with E-state index in [1.807, 2.05) is 0 Å². The van der Waals surface area contributed by atoms with Gasteiger partial charge in [-0.05, 0) is 35.4 Å². The molecule has 1 unspecified atom stereocenters. The summed E-state index contributed by atoms with van der Waals surface area (Å²) in [6.07, 6.45) is 2.73. The number of alkyl halides is 1. The lowest BCUT2D eigenvalue weighted by Gasteiger charge is -2.38. The van der Waals surface area contributed by atoms with Crippen LogP contribution in [0.15, 0.2) is 0 Å². The van der Waals surface area contributed by atoms with E-state index in [4.69, 9.17) is 0 Å². The molecule has 2 heteroatoms. The Hall–Kier alpha value is 0.257. The average Bonchev–Trinajstić information content (AvgIpc) is 2.99. The smallest absolute Gasteiger partial charge is 0.129 e. The van der Waals surface area contributed by atoms with Gasteiger partial charge in [0.05, 0.1) is 4.83 Å². The minimum atomic E-state index is -1.50. The summed E-state index contributed by atoms with van der Waals surface area (Å²) in [6.45, 7) is 14.3. The molecule has 0 amide bonds. The molecule has 0 saturated heterocycles. The predicted octanol–water partition coefficient (Wildman–Crippen LogP) is 5.38. The highest BCUT2D eigenvalue weighted by Crippen LogP contribution is 2.41. The molecule has 1 atom stereocenters. The molecule has 1 aliphatic rings. The molecule has 0 nitrogen and oxygen atoms in total. The summed E-state index contributed by atoms with van der Waals surface area (Å²) in [7, 11) is -1.50. The van der Waals surface area contributed by atoms with Gasteiger partial charge in [0.2, 0.25) is 0 Å². The summed E-state index contributed by atoms with van der Waals surface area (Å²) in [6, 6.07) is 0. The highest BCUT2D eigenvalue weighted by atomic mass is 79.9. The first-order valence-corrected chi connectivity index (χ1v) is 10.1. The lowest BCUT2D eigenvalue weighted by atomic mass is 10.3. The standard InChI is InChI=1S/C15H27BrSi/c1-11(2)17(12(3)4,13(5)6)10-9-15(16)14-7-8-14/h11-15H,7-8H2,1-6H3. The topological polar surface area (TPSA) is 0 Å². The lowest BCUT2D eigenvalue weighted by Crippen LogP contribution is -2.43. The van der Waals surface area contributed by atoms with Crippen molar-refractivity contribution in [3.8, 4) is 11.5 Å². The van der Waals surface area contributed by atoms with Crippen LogP contribution in [-0.2, 0) is 0 Å². The van der Waals surface area contributed by atoms with Gasteiger partial charge in [-0.15, -0.1) is 5.54 Å². The van der Waals surface area contributed by atoms with Crippen molar-refractivity contribution in [3.63, 3.8) is 0 Å². The molecule has 0 spiro atoms. The lowest BCUT2D eigenvalue weighted by molar-refractivity contribution is 0.837. The number of halogens is 1. The van der Waals surface area contributed by atoms with E-state index in [0.717, 1.165) is 22.5 Å². The van der Waals surface area contributed by atoms with E-state index in [2.05, 4.69) is 68.9 Å². The van der Waals surface area contributed by atoms with Gasteiger partial charge >= 0.3 is 0 Å². The van der Waals surface area contributed by atoms with E-state index >= 15 is 0 Å². The van der Waals surface area contributed by atoms with E-state index in [9.17, 15) is 0 Å². The third-order valence-corrected chi connectivity index (χ3v) is 11.6. The Bertz CT molecular complexity index is 283. The predicted molar refractivity (Wildman–Crippen MR) is 84.3 cm³/mol. The van der Waals surface area contributed by atoms with Crippen LogP contribution in [0.4, 0.5) is 0 Å². The van der Waals surface area contributed by atoms with Crippen LogP contribution in [0.2, 0.25) is 16.6 Å². The molecule has 98 valence electrons. The van der Waals surface area contributed by atoms with Crippen molar-refractivity contribution in [1.82, 2.24) is 0 Å². The second-order valence-electron chi connectivity index (χ2n) is 6.41. The Labute approximate surface area is 117 Å². The first-order chi connectivity index (χ1) is 7.82. The Kier molecular flexibility index (Phi) is 5.34. The summed E-state index contributed by atoms with van der Waals surface area (Å²) < 4.78 is 0. The van der Waals surface area contributed by atoms with Gasteiger partial charge in [-0.1, -0.05) is 63.4 Å². The van der Waals surface area contributed by atoms with Crippen molar-refractivity contribution in [2.24, 2.45) is 5.92 Å². The second-order valence-corrected chi connectivity index (χ2v) is 13.0. The largest absolute Gasteiger partial charge is 0.146 e. The molecule has 0 aromatic rings. The highest BCUT2D eigenvalue weighted by molar-refractivity contribution is 9.09. The minimum absolute atomic E-state index is 0.450.